The molecule has 0 aliphatic heterocycles. The van der Waals surface area contributed by atoms with Gasteiger partial charge in [-0.25, -0.2) is 4.98 Å². The van der Waals surface area contributed by atoms with Crippen molar-refractivity contribution in [1.82, 2.24) is 10.3 Å². The Hall–Kier alpha value is -1.14. The second-order valence-corrected chi connectivity index (χ2v) is 5.29. The molecule has 0 aromatic carbocycles. The number of aromatic nitrogens is 1. The second kappa shape index (κ2) is 6.56. The molecule has 1 aromatic rings. The Labute approximate surface area is 106 Å². The molecule has 0 spiro atoms. The molecule has 4 N–H and O–H groups in total. The number of aryl methyl sites for hydroxylation is 2. The van der Waals surface area contributed by atoms with E-state index in [1.54, 1.807) is 11.3 Å². The summed E-state index contributed by atoms with van der Waals surface area (Å²) in [7, 11) is 0. The van der Waals surface area contributed by atoms with Crippen LogP contribution in [0.1, 0.15) is 41.4 Å². The van der Waals surface area contributed by atoms with Crippen molar-refractivity contribution in [2.45, 2.75) is 39.7 Å². The fourth-order valence-corrected chi connectivity index (χ4v) is 2.63. The molecular formula is C11H20N4OS. The van der Waals surface area contributed by atoms with Crippen LogP contribution in [0.2, 0.25) is 0 Å². The van der Waals surface area contributed by atoms with Gasteiger partial charge in [0.05, 0.1) is 10.7 Å². The summed E-state index contributed by atoms with van der Waals surface area (Å²) >= 11 is 1.73. The van der Waals surface area contributed by atoms with Crippen LogP contribution in [0, 0.1) is 13.8 Å². The normalized spacial score (nSPS) is 13.9. The number of nitrogens with two attached hydrogens (primary N) is 1. The zero-order valence-corrected chi connectivity index (χ0v) is 11.3. The van der Waals surface area contributed by atoms with Crippen molar-refractivity contribution in [3.63, 3.8) is 0 Å². The largest absolute Gasteiger partial charge is 0.409 e. The molecular weight excluding hydrogens is 236 g/mol. The van der Waals surface area contributed by atoms with Gasteiger partial charge in [0.15, 0.2) is 0 Å². The van der Waals surface area contributed by atoms with E-state index in [0.29, 0.717) is 12.5 Å². The van der Waals surface area contributed by atoms with Gasteiger partial charge in [-0.05, 0) is 33.7 Å². The maximum absolute atomic E-state index is 8.40. The minimum Gasteiger partial charge on any atom is -0.409 e. The van der Waals surface area contributed by atoms with E-state index in [0.717, 1.165) is 23.7 Å². The first-order chi connectivity index (χ1) is 8.04. The molecule has 0 aliphatic carbocycles. The lowest BCUT2D eigenvalue weighted by molar-refractivity contribution is 0.316. The van der Waals surface area contributed by atoms with Crippen LogP contribution < -0.4 is 11.1 Å². The van der Waals surface area contributed by atoms with Gasteiger partial charge in [-0.1, -0.05) is 5.16 Å². The summed E-state index contributed by atoms with van der Waals surface area (Å²) in [5.41, 5.74) is 6.49. The summed E-state index contributed by atoms with van der Waals surface area (Å²) in [4.78, 5) is 5.69. The van der Waals surface area contributed by atoms with Crippen molar-refractivity contribution in [3.05, 3.63) is 15.6 Å². The molecule has 1 atom stereocenters. The highest BCUT2D eigenvalue weighted by atomic mass is 32.1. The van der Waals surface area contributed by atoms with Gasteiger partial charge in [-0.3, -0.25) is 0 Å². The van der Waals surface area contributed by atoms with Gasteiger partial charge in [0, 0.05) is 17.3 Å². The lowest BCUT2D eigenvalue weighted by Gasteiger charge is -2.12. The van der Waals surface area contributed by atoms with Crippen LogP contribution in [0.25, 0.3) is 0 Å². The van der Waals surface area contributed by atoms with Crippen LogP contribution in [0.4, 0.5) is 0 Å². The Kier molecular flexibility index (Phi) is 5.37. The molecule has 96 valence electrons. The molecule has 1 unspecified atom stereocenters. The summed E-state index contributed by atoms with van der Waals surface area (Å²) in [5, 5.41) is 15.8. The Morgan fingerprint density at radius 3 is 2.82 bits per heavy atom. The summed E-state index contributed by atoms with van der Waals surface area (Å²) in [6.45, 7) is 7.02. The van der Waals surface area contributed by atoms with Crippen LogP contribution in [0.15, 0.2) is 5.16 Å². The van der Waals surface area contributed by atoms with Gasteiger partial charge in [-0.15, -0.1) is 11.3 Å². The zero-order chi connectivity index (χ0) is 12.8. The molecule has 6 heteroatoms. The van der Waals surface area contributed by atoms with Crippen molar-refractivity contribution in [3.8, 4) is 0 Å². The Balaban J connectivity index is 2.35. The maximum atomic E-state index is 8.40. The van der Waals surface area contributed by atoms with Crippen molar-refractivity contribution < 1.29 is 5.21 Å². The van der Waals surface area contributed by atoms with E-state index in [1.165, 1.54) is 4.88 Å². The first kappa shape index (κ1) is 13.9. The first-order valence-corrected chi connectivity index (χ1v) is 6.50. The molecule has 1 aromatic heterocycles. The number of hydrogen-bond donors (Lipinski definition) is 3. The van der Waals surface area contributed by atoms with E-state index >= 15 is 0 Å². The van der Waals surface area contributed by atoms with Crippen molar-refractivity contribution in [2.75, 3.05) is 6.54 Å². The minimum absolute atomic E-state index is 0.282. The molecule has 0 amide bonds. The topological polar surface area (TPSA) is 83.5 Å². The van der Waals surface area contributed by atoms with Crippen LogP contribution in [-0.4, -0.2) is 22.6 Å². The Morgan fingerprint density at radius 1 is 1.59 bits per heavy atom. The van der Waals surface area contributed by atoms with Crippen LogP contribution in [0.3, 0.4) is 0 Å². The lowest BCUT2D eigenvalue weighted by atomic mass is 10.2. The fourth-order valence-electron chi connectivity index (χ4n) is 1.68. The van der Waals surface area contributed by atoms with Crippen LogP contribution >= 0.6 is 11.3 Å². The number of nitrogens with one attached hydrogen (secondary N) is 1. The Morgan fingerprint density at radius 2 is 2.29 bits per heavy atom. The predicted octanol–water partition coefficient (Wildman–Crippen LogP) is 1.94. The number of amidine groups is 1. The molecule has 0 saturated carbocycles. The van der Waals surface area contributed by atoms with Gasteiger partial charge >= 0.3 is 0 Å². The van der Waals surface area contributed by atoms with E-state index in [1.807, 2.05) is 13.8 Å². The van der Waals surface area contributed by atoms with Crippen LogP contribution in [0.5, 0.6) is 0 Å². The number of rotatable bonds is 6. The van der Waals surface area contributed by atoms with Gasteiger partial charge in [0.2, 0.25) is 0 Å². The molecule has 1 rings (SSSR count). The predicted molar refractivity (Wildman–Crippen MR) is 70.6 cm³/mol. The second-order valence-electron chi connectivity index (χ2n) is 4.05. The molecule has 0 aliphatic rings. The highest BCUT2D eigenvalue weighted by Gasteiger charge is 2.11. The molecule has 0 saturated heterocycles. The van der Waals surface area contributed by atoms with Crippen molar-refractivity contribution in [1.29, 1.82) is 0 Å². The van der Waals surface area contributed by atoms with E-state index in [2.05, 4.69) is 22.4 Å². The smallest absolute Gasteiger partial charge is 0.139 e. The molecule has 5 nitrogen and oxygen atoms in total. The quantitative estimate of drug-likeness (QED) is 0.239. The Bertz CT molecular complexity index is 389. The number of hydrogen-bond acceptors (Lipinski definition) is 5. The zero-order valence-electron chi connectivity index (χ0n) is 10.5. The van der Waals surface area contributed by atoms with Gasteiger partial charge < -0.3 is 16.3 Å². The van der Waals surface area contributed by atoms with E-state index < -0.39 is 0 Å². The average Bonchev–Trinajstić information content (AvgIpc) is 2.63. The summed E-state index contributed by atoms with van der Waals surface area (Å²) in [6, 6.07) is 0.300. The average molecular weight is 256 g/mol. The summed E-state index contributed by atoms with van der Waals surface area (Å²) < 4.78 is 0. The standard InChI is InChI=1S/C11H20N4OS/c1-7(11-8(2)14-9(3)17-11)13-6-4-5-10(12)15-16/h7,13,16H,4-6H2,1-3H3,(H2,12,15). The number of oxime groups is 1. The van der Waals surface area contributed by atoms with E-state index in [-0.39, 0.29) is 5.84 Å². The third kappa shape index (κ3) is 4.32. The van der Waals surface area contributed by atoms with Crippen molar-refractivity contribution in [2.24, 2.45) is 10.9 Å². The molecule has 1 heterocycles. The van der Waals surface area contributed by atoms with Crippen LogP contribution in [-0.2, 0) is 0 Å². The first-order valence-electron chi connectivity index (χ1n) is 5.68. The number of thiazole rings is 1. The molecule has 0 radical (unpaired) electrons. The highest BCUT2D eigenvalue weighted by Crippen LogP contribution is 2.24. The SMILES string of the molecule is Cc1nc(C)c(C(C)NCCCC(N)=NO)s1. The molecule has 0 bridgehead atoms. The van der Waals surface area contributed by atoms with Gasteiger partial charge in [0.1, 0.15) is 5.84 Å². The third-order valence-corrected chi connectivity index (χ3v) is 3.78. The minimum atomic E-state index is 0.282. The molecule has 17 heavy (non-hydrogen) atoms. The van der Waals surface area contributed by atoms with E-state index in [9.17, 15) is 0 Å². The van der Waals surface area contributed by atoms with Crippen molar-refractivity contribution >= 4 is 17.2 Å². The van der Waals surface area contributed by atoms with Gasteiger partial charge in [-0.2, -0.15) is 0 Å². The summed E-state index contributed by atoms with van der Waals surface area (Å²) in [6.07, 6.45) is 1.47. The van der Waals surface area contributed by atoms with Gasteiger partial charge in [0.25, 0.3) is 0 Å². The lowest BCUT2D eigenvalue weighted by Crippen LogP contribution is -2.21. The molecule has 0 fully saturated rings. The third-order valence-electron chi connectivity index (χ3n) is 2.52. The monoisotopic (exact) mass is 256 g/mol. The summed E-state index contributed by atoms with van der Waals surface area (Å²) in [5.74, 6) is 0.282. The maximum Gasteiger partial charge on any atom is 0.139 e. The highest BCUT2D eigenvalue weighted by molar-refractivity contribution is 7.11. The fraction of sp³-hybridized carbons (Fsp3) is 0.636. The van der Waals surface area contributed by atoms with E-state index in [4.69, 9.17) is 10.9 Å². The number of nitrogens with zero attached hydrogens (tertiary/aromatic N) is 2.